The Morgan fingerprint density at radius 3 is 1.82 bits per heavy atom. The van der Waals surface area contributed by atoms with Gasteiger partial charge < -0.3 is 9.32 Å². The zero-order valence-corrected chi connectivity index (χ0v) is 30.6. The number of benzene rings is 9. The number of fused-ring (bicyclic) bond motifs is 7. The summed E-state index contributed by atoms with van der Waals surface area (Å²) in [6.45, 7) is 0. The van der Waals surface area contributed by atoms with Crippen molar-refractivity contribution in [2.45, 2.75) is 0 Å². The van der Waals surface area contributed by atoms with Gasteiger partial charge in [0.05, 0.1) is 0 Å². The summed E-state index contributed by atoms with van der Waals surface area (Å²) >= 11 is 1.85. The Morgan fingerprint density at radius 2 is 0.945 bits per heavy atom. The van der Waals surface area contributed by atoms with Crippen LogP contribution in [0.2, 0.25) is 0 Å². The van der Waals surface area contributed by atoms with Crippen molar-refractivity contribution in [3.8, 4) is 33.4 Å². The molecule has 258 valence electrons. The standard InChI is InChI=1S/C52H33NOS/c1-2-14-42-36(10-1)11-8-17-43(42)37-24-22-34(23-25-37)35-26-28-39(29-27-35)53(41-30-31-46-45-15-4-6-21-50(45)55-51(46)33-41)40-13-7-12-38(32-40)44-18-9-20-49-52(44)47-16-3-5-19-48(47)54-49/h1-33H. The molecule has 0 aliphatic heterocycles. The molecule has 0 spiro atoms. The van der Waals surface area contributed by atoms with Crippen molar-refractivity contribution in [2.24, 2.45) is 0 Å². The predicted octanol–water partition coefficient (Wildman–Crippen LogP) is 15.6. The molecular weight excluding hydrogens is 687 g/mol. The Bertz CT molecular complexity index is 3200. The molecule has 0 aliphatic carbocycles. The number of nitrogens with zero attached hydrogens (tertiary/aromatic N) is 1. The van der Waals surface area contributed by atoms with Gasteiger partial charge in [0.25, 0.3) is 0 Å². The van der Waals surface area contributed by atoms with Crippen molar-refractivity contribution in [3.05, 3.63) is 200 Å². The highest BCUT2D eigenvalue weighted by molar-refractivity contribution is 7.25. The van der Waals surface area contributed by atoms with Crippen molar-refractivity contribution in [2.75, 3.05) is 4.90 Å². The van der Waals surface area contributed by atoms with Crippen LogP contribution in [0, 0.1) is 0 Å². The van der Waals surface area contributed by atoms with Crippen molar-refractivity contribution < 1.29 is 4.42 Å². The Balaban J connectivity index is 1.01. The maximum Gasteiger partial charge on any atom is 0.136 e. The number of rotatable bonds is 6. The van der Waals surface area contributed by atoms with Gasteiger partial charge in [0.1, 0.15) is 11.2 Å². The summed E-state index contributed by atoms with van der Waals surface area (Å²) in [5.41, 5.74) is 12.3. The predicted molar refractivity (Wildman–Crippen MR) is 235 cm³/mol. The minimum absolute atomic E-state index is 0.900. The Hall–Kier alpha value is -6.94. The van der Waals surface area contributed by atoms with Crippen LogP contribution in [0.25, 0.3) is 86.3 Å². The first-order valence-corrected chi connectivity index (χ1v) is 19.5. The van der Waals surface area contributed by atoms with Gasteiger partial charge in [0.15, 0.2) is 0 Å². The van der Waals surface area contributed by atoms with Gasteiger partial charge in [0.2, 0.25) is 0 Å². The number of anilines is 3. The normalized spacial score (nSPS) is 11.6. The van der Waals surface area contributed by atoms with Crippen LogP contribution < -0.4 is 4.90 Å². The molecule has 0 aliphatic rings. The van der Waals surface area contributed by atoms with Gasteiger partial charge in [-0.15, -0.1) is 11.3 Å². The van der Waals surface area contributed by atoms with E-state index in [4.69, 9.17) is 4.42 Å². The highest BCUT2D eigenvalue weighted by atomic mass is 32.1. The summed E-state index contributed by atoms with van der Waals surface area (Å²) in [5.74, 6) is 0. The van der Waals surface area contributed by atoms with Gasteiger partial charge in [-0.25, -0.2) is 0 Å². The fourth-order valence-corrected chi connectivity index (χ4v) is 9.39. The highest BCUT2D eigenvalue weighted by Gasteiger charge is 2.18. The fourth-order valence-electron chi connectivity index (χ4n) is 8.25. The second-order valence-corrected chi connectivity index (χ2v) is 15.2. The van der Waals surface area contributed by atoms with E-state index in [1.165, 1.54) is 53.2 Å². The van der Waals surface area contributed by atoms with Crippen LogP contribution in [0.1, 0.15) is 0 Å². The molecule has 2 aromatic heterocycles. The lowest BCUT2D eigenvalue weighted by molar-refractivity contribution is 0.669. The lowest BCUT2D eigenvalue weighted by Gasteiger charge is -2.26. The Morgan fingerprint density at radius 1 is 0.345 bits per heavy atom. The van der Waals surface area contributed by atoms with E-state index in [1.54, 1.807) is 0 Å². The molecule has 0 amide bonds. The van der Waals surface area contributed by atoms with Crippen molar-refractivity contribution in [3.63, 3.8) is 0 Å². The van der Waals surface area contributed by atoms with Crippen molar-refractivity contribution >= 4 is 81.3 Å². The monoisotopic (exact) mass is 719 g/mol. The van der Waals surface area contributed by atoms with E-state index in [-0.39, 0.29) is 0 Å². The third-order valence-electron chi connectivity index (χ3n) is 10.9. The summed E-state index contributed by atoms with van der Waals surface area (Å²) in [5, 5.41) is 7.40. The first-order valence-electron chi connectivity index (χ1n) is 18.7. The van der Waals surface area contributed by atoms with E-state index in [2.05, 4.69) is 193 Å². The minimum atomic E-state index is 0.900. The van der Waals surface area contributed by atoms with E-state index >= 15 is 0 Å². The lowest BCUT2D eigenvalue weighted by Crippen LogP contribution is -2.10. The molecule has 0 radical (unpaired) electrons. The van der Waals surface area contributed by atoms with Crippen molar-refractivity contribution in [1.82, 2.24) is 0 Å². The lowest BCUT2D eigenvalue weighted by atomic mass is 9.96. The van der Waals surface area contributed by atoms with Crippen LogP contribution in [0.4, 0.5) is 17.1 Å². The average Bonchev–Trinajstić information content (AvgIpc) is 3.82. The van der Waals surface area contributed by atoms with Crippen LogP contribution in [0.15, 0.2) is 205 Å². The van der Waals surface area contributed by atoms with Gasteiger partial charge >= 0.3 is 0 Å². The van der Waals surface area contributed by atoms with Gasteiger partial charge in [-0.1, -0.05) is 146 Å². The molecule has 0 unspecified atom stereocenters. The molecule has 0 atom stereocenters. The van der Waals surface area contributed by atoms with Crippen LogP contribution in [-0.4, -0.2) is 0 Å². The molecule has 3 heteroatoms. The molecular formula is C52H33NOS. The zero-order chi connectivity index (χ0) is 36.3. The number of para-hydroxylation sites is 1. The molecule has 0 saturated heterocycles. The quantitative estimate of drug-likeness (QED) is 0.170. The molecule has 2 nitrogen and oxygen atoms in total. The smallest absolute Gasteiger partial charge is 0.136 e. The number of hydrogen-bond acceptors (Lipinski definition) is 3. The van der Waals surface area contributed by atoms with Gasteiger partial charge in [-0.2, -0.15) is 0 Å². The van der Waals surface area contributed by atoms with Crippen LogP contribution >= 0.6 is 11.3 Å². The van der Waals surface area contributed by atoms with E-state index in [9.17, 15) is 0 Å². The molecule has 0 bridgehead atoms. The number of furan rings is 1. The molecule has 11 aromatic rings. The second-order valence-electron chi connectivity index (χ2n) is 14.1. The topological polar surface area (TPSA) is 16.4 Å². The van der Waals surface area contributed by atoms with Gasteiger partial charge in [-0.05, 0) is 98.8 Å². The van der Waals surface area contributed by atoms with Crippen LogP contribution in [0.3, 0.4) is 0 Å². The van der Waals surface area contributed by atoms with Crippen LogP contribution in [0.5, 0.6) is 0 Å². The maximum atomic E-state index is 6.28. The third-order valence-corrected chi connectivity index (χ3v) is 12.0. The maximum absolute atomic E-state index is 6.28. The molecule has 2 heterocycles. The van der Waals surface area contributed by atoms with Crippen molar-refractivity contribution in [1.29, 1.82) is 0 Å². The first kappa shape index (κ1) is 31.6. The number of thiophene rings is 1. The SMILES string of the molecule is c1cc(-c2cccc3oc4ccccc4c23)cc(N(c2ccc(-c3ccc(-c4cccc5ccccc45)cc3)cc2)c2ccc3c(c2)sc2ccccc23)c1. The van der Waals surface area contributed by atoms with E-state index < -0.39 is 0 Å². The molecule has 0 saturated carbocycles. The second kappa shape index (κ2) is 12.9. The summed E-state index contributed by atoms with van der Waals surface area (Å²) in [4.78, 5) is 2.38. The first-order chi connectivity index (χ1) is 27.2. The number of hydrogen-bond donors (Lipinski definition) is 0. The average molecular weight is 720 g/mol. The van der Waals surface area contributed by atoms with E-state index in [0.717, 1.165) is 50.1 Å². The molecule has 0 N–H and O–H groups in total. The summed E-state index contributed by atoms with van der Waals surface area (Å²) in [6.07, 6.45) is 0. The Kier molecular flexibility index (Phi) is 7.39. The zero-order valence-electron chi connectivity index (χ0n) is 29.8. The van der Waals surface area contributed by atoms with E-state index in [1.807, 2.05) is 23.5 Å². The van der Waals surface area contributed by atoms with Crippen LogP contribution in [-0.2, 0) is 0 Å². The molecule has 0 fully saturated rings. The Labute approximate surface area is 322 Å². The third kappa shape index (κ3) is 5.40. The fraction of sp³-hybridized carbons (Fsp3) is 0. The largest absolute Gasteiger partial charge is 0.456 e. The molecule has 55 heavy (non-hydrogen) atoms. The highest BCUT2D eigenvalue weighted by Crippen LogP contribution is 2.43. The molecule has 9 aromatic carbocycles. The minimum Gasteiger partial charge on any atom is -0.456 e. The van der Waals surface area contributed by atoms with E-state index in [0.29, 0.717) is 0 Å². The summed E-state index contributed by atoms with van der Waals surface area (Å²) in [7, 11) is 0. The summed E-state index contributed by atoms with van der Waals surface area (Å²) in [6, 6.07) is 72.2. The summed E-state index contributed by atoms with van der Waals surface area (Å²) < 4.78 is 8.86. The van der Waals surface area contributed by atoms with Gasteiger partial charge in [-0.3, -0.25) is 0 Å². The van der Waals surface area contributed by atoms with Gasteiger partial charge in [0, 0.05) is 48.0 Å². The molecule has 11 rings (SSSR count).